The molecule has 1 aromatic carbocycles. The topological polar surface area (TPSA) is 12.0 Å². The minimum absolute atomic E-state index is 0.249. The van der Waals surface area contributed by atoms with E-state index in [0.717, 1.165) is 5.92 Å². The smallest absolute Gasteiger partial charge is 0.0437 e. The van der Waals surface area contributed by atoms with E-state index in [1.165, 1.54) is 49.8 Å². The van der Waals surface area contributed by atoms with Crippen LogP contribution in [-0.4, -0.2) is 6.54 Å². The molecule has 1 fully saturated rings. The molecule has 1 heterocycles. The number of nitrogens with one attached hydrogen (secondary N) is 1. The fourth-order valence-corrected chi connectivity index (χ4v) is 3.32. The van der Waals surface area contributed by atoms with Crippen LogP contribution in [0.3, 0.4) is 0 Å². The van der Waals surface area contributed by atoms with Gasteiger partial charge < -0.3 is 5.32 Å². The third kappa shape index (κ3) is 2.95. The Bertz CT molecular complexity index is 358. The van der Waals surface area contributed by atoms with Gasteiger partial charge in [0.25, 0.3) is 0 Å². The van der Waals surface area contributed by atoms with Crippen LogP contribution in [0.5, 0.6) is 0 Å². The first-order chi connectivity index (χ1) is 8.66. The zero-order chi connectivity index (χ0) is 13.0. The monoisotopic (exact) mass is 245 g/mol. The van der Waals surface area contributed by atoms with Crippen molar-refractivity contribution < 1.29 is 0 Å². The summed E-state index contributed by atoms with van der Waals surface area (Å²) in [5.74, 6) is 0.742. The molecule has 1 unspecified atom stereocenters. The van der Waals surface area contributed by atoms with Crippen LogP contribution in [0.1, 0.15) is 57.6 Å². The molecule has 0 aromatic heterocycles. The molecule has 2 rings (SSSR count). The molecule has 1 heteroatoms. The van der Waals surface area contributed by atoms with Crippen LogP contribution in [-0.2, 0) is 12.0 Å². The molecule has 1 atom stereocenters. The van der Waals surface area contributed by atoms with Gasteiger partial charge in [-0.25, -0.2) is 0 Å². The number of hydrogen-bond acceptors (Lipinski definition) is 1. The highest BCUT2D eigenvalue weighted by Gasteiger charge is 2.35. The summed E-state index contributed by atoms with van der Waals surface area (Å²) in [6.45, 7) is 8.07. The minimum Gasteiger partial charge on any atom is -0.307 e. The van der Waals surface area contributed by atoms with Crippen LogP contribution in [0.2, 0.25) is 0 Å². The van der Waals surface area contributed by atoms with Crippen molar-refractivity contribution >= 4 is 0 Å². The van der Waals surface area contributed by atoms with Crippen LogP contribution in [0.15, 0.2) is 24.3 Å². The molecule has 100 valence electrons. The minimum atomic E-state index is 0.249. The zero-order valence-corrected chi connectivity index (χ0v) is 12.1. The fraction of sp³-hybridized carbons (Fsp3) is 0.647. The SMILES string of the molecule is CCCc1ccc(C2(CC(C)C)CCCN2)cc1. The van der Waals surface area contributed by atoms with Crippen LogP contribution in [0.25, 0.3) is 0 Å². The van der Waals surface area contributed by atoms with Crippen LogP contribution in [0.4, 0.5) is 0 Å². The maximum absolute atomic E-state index is 3.77. The van der Waals surface area contributed by atoms with E-state index in [1.54, 1.807) is 0 Å². The highest BCUT2D eigenvalue weighted by atomic mass is 15.0. The molecule has 0 amide bonds. The van der Waals surface area contributed by atoms with E-state index < -0.39 is 0 Å². The van der Waals surface area contributed by atoms with E-state index in [4.69, 9.17) is 0 Å². The van der Waals surface area contributed by atoms with Gasteiger partial charge in [0.15, 0.2) is 0 Å². The molecule has 1 N–H and O–H groups in total. The van der Waals surface area contributed by atoms with Crippen molar-refractivity contribution in [2.45, 2.75) is 58.4 Å². The van der Waals surface area contributed by atoms with E-state index in [0.29, 0.717) is 0 Å². The molecular weight excluding hydrogens is 218 g/mol. The van der Waals surface area contributed by atoms with Crippen molar-refractivity contribution in [3.63, 3.8) is 0 Å². The lowest BCUT2D eigenvalue weighted by Gasteiger charge is -2.32. The lowest BCUT2D eigenvalue weighted by Crippen LogP contribution is -2.38. The van der Waals surface area contributed by atoms with Crippen LogP contribution < -0.4 is 5.32 Å². The van der Waals surface area contributed by atoms with Gasteiger partial charge in [-0.05, 0) is 49.3 Å². The Morgan fingerprint density at radius 2 is 1.94 bits per heavy atom. The largest absolute Gasteiger partial charge is 0.307 e. The maximum Gasteiger partial charge on any atom is 0.0437 e. The molecule has 1 aliphatic heterocycles. The highest BCUT2D eigenvalue weighted by molar-refractivity contribution is 5.30. The second kappa shape index (κ2) is 5.88. The molecule has 0 saturated carbocycles. The number of benzene rings is 1. The molecule has 18 heavy (non-hydrogen) atoms. The predicted octanol–water partition coefficient (Wildman–Crippen LogP) is 4.26. The quantitative estimate of drug-likeness (QED) is 0.817. The van der Waals surface area contributed by atoms with Gasteiger partial charge in [-0.2, -0.15) is 0 Å². The van der Waals surface area contributed by atoms with Crippen molar-refractivity contribution in [2.24, 2.45) is 5.92 Å². The van der Waals surface area contributed by atoms with Gasteiger partial charge in [-0.3, -0.25) is 0 Å². The Labute approximate surface area is 112 Å². The molecule has 1 nitrogen and oxygen atoms in total. The molecule has 0 bridgehead atoms. The van der Waals surface area contributed by atoms with E-state index in [9.17, 15) is 0 Å². The average Bonchev–Trinajstić information content (AvgIpc) is 2.79. The number of hydrogen-bond donors (Lipinski definition) is 1. The molecular formula is C17H27N. The van der Waals surface area contributed by atoms with Gasteiger partial charge in [0.2, 0.25) is 0 Å². The number of rotatable bonds is 5. The van der Waals surface area contributed by atoms with Gasteiger partial charge in [0.05, 0.1) is 0 Å². The summed E-state index contributed by atoms with van der Waals surface area (Å²) >= 11 is 0. The Morgan fingerprint density at radius 3 is 2.44 bits per heavy atom. The molecule has 0 radical (unpaired) electrons. The third-order valence-corrected chi connectivity index (χ3v) is 4.05. The first-order valence-electron chi connectivity index (χ1n) is 7.51. The first-order valence-corrected chi connectivity index (χ1v) is 7.51. The summed E-state index contributed by atoms with van der Waals surface area (Å²) < 4.78 is 0. The second-order valence-electron chi connectivity index (χ2n) is 6.16. The standard InChI is InChI=1S/C17H27N/c1-4-6-15-7-9-16(10-8-15)17(13-14(2)3)11-5-12-18-17/h7-10,14,18H,4-6,11-13H2,1-3H3. The van der Waals surface area contributed by atoms with Crippen LogP contribution in [0, 0.1) is 5.92 Å². The molecule has 0 aliphatic carbocycles. The summed E-state index contributed by atoms with van der Waals surface area (Å²) in [6, 6.07) is 9.35. The second-order valence-corrected chi connectivity index (χ2v) is 6.16. The van der Waals surface area contributed by atoms with Crippen molar-refractivity contribution in [3.05, 3.63) is 35.4 Å². The summed E-state index contributed by atoms with van der Waals surface area (Å²) in [7, 11) is 0. The van der Waals surface area contributed by atoms with Gasteiger partial charge in [0, 0.05) is 5.54 Å². The van der Waals surface area contributed by atoms with Gasteiger partial charge in [0.1, 0.15) is 0 Å². The summed E-state index contributed by atoms with van der Waals surface area (Å²) in [6.07, 6.45) is 6.28. The highest BCUT2D eigenvalue weighted by Crippen LogP contribution is 2.36. The van der Waals surface area contributed by atoms with E-state index in [1.807, 2.05) is 0 Å². The Hall–Kier alpha value is -0.820. The van der Waals surface area contributed by atoms with Gasteiger partial charge in [-0.1, -0.05) is 51.5 Å². The van der Waals surface area contributed by atoms with E-state index in [-0.39, 0.29) is 5.54 Å². The normalized spacial score (nSPS) is 23.8. The molecule has 1 aromatic rings. The Kier molecular flexibility index (Phi) is 4.45. The zero-order valence-electron chi connectivity index (χ0n) is 12.1. The summed E-state index contributed by atoms with van der Waals surface area (Å²) in [5.41, 5.74) is 3.21. The molecule has 0 spiro atoms. The summed E-state index contributed by atoms with van der Waals surface area (Å²) in [4.78, 5) is 0. The fourth-order valence-electron chi connectivity index (χ4n) is 3.32. The lowest BCUT2D eigenvalue weighted by molar-refractivity contribution is 0.311. The van der Waals surface area contributed by atoms with Gasteiger partial charge in [-0.15, -0.1) is 0 Å². The predicted molar refractivity (Wildman–Crippen MR) is 78.8 cm³/mol. The lowest BCUT2D eigenvalue weighted by atomic mass is 9.81. The van der Waals surface area contributed by atoms with Crippen molar-refractivity contribution in [1.29, 1.82) is 0 Å². The Morgan fingerprint density at radius 1 is 1.22 bits per heavy atom. The first kappa shape index (κ1) is 13.6. The summed E-state index contributed by atoms with van der Waals surface area (Å²) in [5, 5.41) is 3.77. The van der Waals surface area contributed by atoms with Crippen LogP contribution >= 0.6 is 0 Å². The van der Waals surface area contributed by atoms with E-state index >= 15 is 0 Å². The van der Waals surface area contributed by atoms with Crippen molar-refractivity contribution in [3.8, 4) is 0 Å². The van der Waals surface area contributed by atoms with Gasteiger partial charge >= 0.3 is 0 Å². The van der Waals surface area contributed by atoms with Crippen molar-refractivity contribution in [2.75, 3.05) is 6.54 Å². The van der Waals surface area contributed by atoms with E-state index in [2.05, 4.69) is 50.4 Å². The van der Waals surface area contributed by atoms with Crippen molar-refractivity contribution in [1.82, 2.24) is 5.32 Å². The molecule has 1 saturated heterocycles. The maximum atomic E-state index is 3.77. The number of aryl methyl sites for hydroxylation is 1. The average molecular weight is 245 g/mol. The molecule has 1 aliphatic rings. The third-order valence-electron chi connectivity index (χ3n) is 4.05. The Balaban J connectivity index is 2.20.